The third-order valence-electron chi connectivity index (χ3n) is 8.12. The van der Waals surface area contributed by atoms with Crippen LogP contribution in [0.3, 0.4) is 0 Å². The van der Waals surface area contributed by atoms with Crippen molar-refractivity contribution in [2.45, 2.75) is 76.0 Å². The van der Waals surface area contributed by atoms with E-state index in [1.165, 1.54) is 31.0 Å². The Labute approximate surface area is 251 Å². The van der Waals surface area contributed by atoms with Crippen LogP contribution in [0.4, 0.5) is 5.69 Å². The maximum atomic E-state index is 14.2. The summed E-state index contributed by atoms with van der Waals surface area (Å²) in [5, 5.41) is 10.1. The van der Waals surface area contributed by atoms with E-state index in [9.17, 15) is 18.3 Å². The predicted molar refractivity (Wildman–Crippen MR) is 164 cm³/mol. The number of hydrogen-bond acceptors (Lipinski definition) is 7. The number of carbonyl (C=O) groups is 1. The van der Waals surface area contributed by atoms with E-state index in [-0.39, 0.29) is 46.8 Å². The fourth-order valence-corrected chi connectivity index (χ4v) is 6.46. The molecule has 4 rings (SSSR count). The van der Waals surface area contributed by atoms with Crippen LogP contribution in [0.2, 0.25) is 0 Å². The van der Waals surface area contributed by atoms with Gasteiger partial charge in [-0.15, -0.1) is 0 Å². The number of aliphatic hydroxyl groups excluding tert-OH is 1. The number of fused-ring (bicyclic) bond motifs is 1. The second-order valence-corrected chi connectivity index (χ2v) is 13.8. The minimum absolute atomic E-state index is 0.00407. The number of benzene rings is 2. The Morgan fingerprint density at radius 1 is 1.07 bits per heavy atom. The van der Waals surface area contributed by atoms with Crippen molar-refractivity contribution in [2.24, 2.45) is 11.8 Å². The number of amides is 1. The Hall–Kier alpha value is -2.66. The first-order valence-electron chi connectivity index (χ1n) is 15.2. The van der Waals surface area contributed by atoms with Gasteiger partial charge in [-0.25, -0.2) is 8.42 Å². The zero-order valence-electron chi connectivity index (χ0n) is 25.4. The van der Waals surface area contributed by atoms with Gasteiger partial charge in [0.15, 0.2) is 0 Å². The molecule has 0 aromatic heterocycles. The summed E-state index contributed by atoms with van der Waals surface area (Å²) in [6, 6.07) is 12.4. The molecule has 42 heavy (non-hydrogen) atoms. The molecular formula is C32H47N3O6S. The van der Waals surface area contributed by atoms with Gasteiger partial charge in [0.2, 0.25) is 0 Å². The smallest absolute Gasteiger partial charge is 0.261 e. The summed E-state index contributed by atoms with van der Waals surface area (Å²) in [6.45, 7) is 8.50. The summed E-state index contributed by atoms with van der Waals surface area (Å²) in [6.07, 6.45) is 4.95. The summed E-state index contributed by atoms with van der Waals surface area (Å²) >= 11 is 0. The molecule has 2 aromatic carbocycles. The molecule has 0 spiro atoms. The molecule has 1 saturated carbocycles. The quantitative estimate of drug-likeness (QED) is 0.432. The van der Waals surface area contributed by atoms with E-state index in [0.717, 1.165) is 38.3 Å². The maximum Gasteiger partial charge on any atom is 0.261 e. The number of sulfonamides is 1. The van der Waals surface area contributed by atoms with Crippen LogP contribution >= 0.6 is 0 Å². The monoisotopic (exact) mass is 601 g/mol. The third-order valence-corrected chi connectivity index (χ3v) is 9.51. The molecule has 2 aliphatic rings. The number of nitrogens with one attached hydrogen (secondary N) is 1. The maximum absolute atomic E-state index is 14.2. The van der Waals surface area contributed by atoms with Gasteiger partial charge < -0.3 is 24.4 Å². The Kier molecular flexibility index (Phi) is 11.3. The molecule has 1 heterocycles. The molecule has 2 aromatic rings. The zero-order chi connectivity index (χ0) is 30.3. The minimum Gasteiger partial charge on any atom is -0.490 e. The fourth-order valence-electron chi connectivity index (χ4n) is 5.39. The van der Waals surface area contributed by atoms with Gasteiger partial charge >= 0.3 is 0 Å². The summed E-state index contributed by atoms with van der Waals surface area (Å²) < 4.78 is 41.4. The Balaban J connectivity index is 1.65. The molecule has 0 saturated heterocycles. The van der Waals surface area contributed by atoms with E-state index >= 15 is 0 Å². The van der Waals surface area contributed by atoms with Crippen molar-refractivity contribution in [1.29, 1.82) is 0 Å². The first kappa shape index (κ1) is 32.3. The molecule has 0 unspecified atom stereocenters. The highest BCUT2D eigenvalue weighted by Crippen LogP contribution is 2.31. The summed E-state index contributed by atoms with van der Waals surface area (Å²) in [4.78, 5) is 18.4. The number of likely N-dealkylation sites (N-methyl/N-ethyl adjacent to an activating group) is 1. The van der Waals surface area contributed by atoms with Crippen molar-refractivity contribution in [2.75, 3.05) is 44.6 Å². The Morgan fingerprint density at radius 3 is 2.50 bits per heavy atom. The van der Waals surface area contributed by atoms with Gasteiger partial charge in [-0.1, -0.05) is 25.1 Å². The van der Waals surface area contributed by atoms with Crippen LogP contribution in [0.1, 0.15) is 63.2 Å². The van der Waals surface area contributed by atoms with Gasteiger partial charge in [-0.2, -0.15) is 0 Å². The van der Waals surface area contributed by atoms with Crippen LogP contribution in [0.15, 0.2) is 53.4 Å². The lowest BCUT2D eigenvalue weighted by atomic mass is 10.0. The fraction of sp³-hybridized carbons (Fsp3) is 0.594. The number of aliphatic hydroxyl groups is 1. The van der Waals surface area contributed by atoms with Crippen molar-refractivity contribution in [1.82, 2.24) is 9.80 Å². The number of rotatable bonds is 9. The molecule has 232 valence electrons. The van der Waals surface area contributed by atoms with Gasteiger partial charge in [-0.05, 0) is 89.2 Å². The number of nitrogens with zero attached hydrogens (tertiary/aromatic N) is 2. The molecule has 1 fully saturated rings. The van der Waals surface area contributed by atoms with Crippen LogP contribution in [-0.2, 0) is 14.8 Å². The van der Waals surface area contributed by atoms with Crippen molar-refractivity contribution in [3.8, 4) is 5.75 Å². The minimum atomic E-state index is -3.86. The van der Waals surface area contributed by atoms with E-state index in [2.05, 4.69) is 23.6 Å². The van der Waals surface area contributed by atoms with Gasteiger partial charge in [0.25, 0.3) is 15.9 Å². The highest BCUT2D eigenvalue weighted by molar-refractivity contribution is 7.92. The highest BCUT2D eigenvalue weighted by atomic mass is 32.2. The SMILES string of the molecule is C[C@H]1CCCCO[C@@H](CN(C)CC2CC2)[C@@H](C)CN([C@@H](C)CO)C(=O)c2cc(NS(=O)(=O)c3ccccc3)ccc2O1. The van der Waals surface area contributed by atoms with Crippen LogP contribution < -0.4 is 9.46 Å². The predicted octanol–water partition coefficient (Wildman–Crippen LogP) is 4.62. The van der Waals surface area contributed by atoms with E-state index in [0.29, 0.717) is 18.9 Å². The van der Waals surface area contributed by atoms with E-state index < -0.39 is 16.1 Å². The van der Waals surface area contributed by atoms with E-state index in [1.807, 2.05) is 13.8 Å². The number of anilines is 1. The van der Waals surface area contributed by atoms with Gasteiger partial charge in [0.1, 0.15) is 5.75 Å². The molecule has 10 heteroatoms. The highest BCUT2D eigenvalue weighted by Gasteiger charge is 2.31. The number of hydrogen-bond donors (Lipinski definition) is 2. The van der Waals surface area contributed by atoms with E-state index in [1.54, 1.807) is 35.2 Å². The second kappa shape index (κ2) is 14.7. The van der Waals surface area contributed by atoms with Crippen molar-refractivity contribution in [3.05, 3.63) is 54.1 Å². The van der Waals surface area contributed by atoms with Crippen LogP contribution in [-0.4, -0.2) is 87.4 Å². The summed E-state index contributed by atoms with van der Waals surface area (Å²) in [5.74, 6) is 0.832. The average Bonchev–Trinajstić information content (AvgIpc) is 3.78. The molecule has 1 aliphatic carbocycles. The molecule has 0 radical (unpaired) electrons. The van der Waals surface area contributed by atoms with Crippen LogP contribution in [0, 0.1) is 11.8 Å². The second-order valence-electron chi connectivity index (χ2n) is 12.1. The van der Waals surface area contributed by atoms with Crippen LogP contribution in [0.25, 0.3) is 0 Å². The standard InChI is InChI=1S/C32H47N3O6S/c1-23-19-35(24(2)22-36)32(37)29-18-27(33-42(38,39)28-11-6-5-7-12-28)15-16-30(29)41-25(3)10-8-9-17-40-31(23)21-34(4)20-26-13-14-26/h5-7,11-12,15-16,18,23-26,31,33,36H,8-10,13-14,17,19-22H2,1-4H3/t23-,24-,25-,31-/m0/s1. The topological polar surface area (TPSA) is 108 Å². The molecule has 0 bridgehead atoms. The van der Waals surface area contributed by atoms with Gasteiger partial charge in [0, 0.05) is 37.8 Å². The lowest BCUT2D eigenvalue weighted by molar-refractivity contribution is -0.0172. The van der Waals surface area contributed by atoms with Crippen molar-refractivity contribution >= 4 is 21.6 Å². The molecule has 1 aliphatic heterocycles. The molecule has 2 N–H and O–H groups in total. The first-order chi connectivity index (χ1) is 20.1. The lowest BCUT2D eigenvalue weighted by Gasteiger charge is -2.36. The Morgan fingerprint density at radius 2 is 1.81 bits per heavy atom. The number of carbonyl (C=O) groups excluding carboxylic acids is 1. The first-order valence-corrected chi connectivity index (χ1v) is 16.7. The van der Waals surface area contributed by atoms with Crippen molar-refractivity contribution < 1.29 is 27.8 Å². The summed E-state index contributed by atoms with van der Waals surface area (Å²) in [7, 11) is -1.73. The van der Waals surface area contributed by atoms with E-state index in [4.69, 9.17) is 9.47 Å². The molecule has 4 atom stereocenters. The number of ether oxygens (including phenoxy) is 2. The normalized spacial score (nSPS) is 23.5. The Bertz CT molecular complexity index is 1270. The van der Waals surface area contributed by atoms with Gasteiger partial charge in [0.05, 0.1) is 35.3 Å². The lowest BCUT2D eigenvalue weighted by Crippen LogP contribution is -2.47. The molecule has 9 nitrogen and oxygen atoms in total. The third kappa shape index (κ3) is 8.92. The zero-order valence-corrected chi connectivity index (χ0v) is 26.2. The van der Waals surface area contributed by atoms with Crippen LogP contribution in [0.5, 0.6) is 5.75 Å². The van der Waals surface area contributed by atoms with Gasteiger partial charge in [-0.3, -0.25) is 9.52 Å². The molecule has 1 amide bonds. The molecular weight excluding hydrogens is 554 g/mol. The summed E-state index contributed by atoms with van der Waals surface area (Å²) in [5.41, 5.74) is 0.513. The van der Waals surface area contributed by atoms with Crippen molar-refractivity contribution in [3.63, 3.8) is 0 Å². The average molecular weight is 602 g/mol. The largest absolute Gasteiger partial charge is 0.490 e.